The standard InChI is InChI=1S/C16H22N2O/c1-5-9-18-13(4)14-11-12(3)7-8-15(14)17-16(18)19-10-6-2/h7-8,11H,4-6,9-10H2,1-3H3. The largest absolute Gasteiger partial charge is 0.465 e. The molecule has 2 rings (SSSR count). The molecule has 0 radical (unpaired) electrons. The highest BCUT2D eigenvalue weighted by Crippen LogP contribution is 2.34. The van der Waals surface area contributed by atoms with E-state index in [1.54, 1.807) is 0 Å². The summed E-state index contributed by atoms with van der Waals surface area (Å²) in [6.45, 7) is 12.1. The molecule has 0 saturated carbocycles. The summed E-state index contributed by atoms with van der Waals surface area (Å²) in [6.07, 6.45) is 2.01. The molecule has 3 nitrogen and oxygen atoms in total. The van der Waals surface area contributed by atoms with Gasteiger partial charge in [-0.05, 0) is 31.9 Å². The summed E-state index contributed by atoms with van der Waals surface area (Å²) in [5.41, 5.74) is 4.28. The molecule has 0 atom stereocenters. The Labute approximate surface area is 115 Å². The monoisotopic (exact) mass is 258 g/mol. The number of rotatable bonds is 4. The Kier molecular flexibility index (Phi) is 4.25. The average Bonchev–Trinajstić information content (AvgIpc) is 2.41. The van der Waals surface area contributed by atoms with E-state index in [-0.39, 0.29) is 0 Å². The highest BCUT2D eigenvalue weighted by Gasteiger charge is 2.24. The van der Waals surface area contributed by atoms with Crippen LogP contribution in [0.4, 0.5) is 5.69 Å². The molecule has 3 heteroatoms. The number of nitrogens with zero attached hydrogens (tertiary/aromatic N) is 2. The molecule has 0 spiro atoms. The van der Waals surface area contributed by atoms with Gasteiger partial charge in [0.15, 0.2) is 0 Å². The van der Waals surface area contributed by atoms with Crippen LogP contribution in [0.5, 0.6) is 0 Å². The molecular formula is C16H22N2O. The minimum absolute atomic E-state index is 0.685. The Morgan fingerprint density at radius 3 is 2.74 bits per heavy atom. The van der Waals surface area contributed by atoms with Crippen LogP contribution in [0.3, 0.4) is 0 Å². The van der Waals surface area contributed by atoms with Crippen molar-refractivity contribution < 1.29 is 4.74 Å². The Balaban J connectivity index is 2.39. The predicted octanol–water partition coefficient (Wildman–Crippen LogP) is 4.11. The first-order chi connectivity index (χ1) is 9.17. The van der Waals surface area contributed by atoms with Crippen LogP contribution in [-0.2, 0) is 4.74 Å². The van der Waals surface area contributed by atoms with Crippen LogP contribution in [0.2, 0.25) is 0 Å². The first-order valence-corrected chi connectivity index (χ1v) is 6.96. The number of hydrogen-bond donors (Lipinski definition) is 0. The minimum atomic E-state index is 0.685. The molecule has 0 bridgehead atoms. The molecule has 0 N–H and O–H groups in total. The van der Waals surface area contributed by atoms with Gasteiger partial charge in [0.1, 0.15) is 0 Å². The van der Waals surface area contributed by atoms with Gasteiger partial charge < -0.3 is 4.74 Å². The van der Waals surface area contributed by atoms with Crippen LogP contribution in [-0.4, -0.2) is 24.1 Å². The smallest absolute Gasteiger partial charge is 0.297 e. The third-order valence-corrected chi connectivity index (χ3v) is 3.12. The lowest BCUT2D eigenvalue weighted by Gasteiger charge is -2.31. The van der Waals surface area contributed by atoms with E-state index in [0.717, 1.165) is 36.3 Å². The van der Waals surface area contributed by atoms with Crippen molar-refractivity contribution >= 4 is 17.4 Å². The van der Waals surface area contributed by atoms with Gasteiger partial charge in [0.25, 0.3) is 6.02 Å². The highest BCUT2D eigenvalue weighted by molar-refractivity contribution is 5.93. The molecule has 1 aliphatic heterocycles. The fourth-order valence-corrected chi connectivity index (χ4v) is 2.16. The lowest BCUT2D eigenvalue weighted by molar-refractivity contribution is 0.257. The quantitative estimate of drug-likeness (QED) is 0.812. The van der Waals surface area contributed by atoms with E-state index in [1.165, 1.54) is 5.56 Å². The molecule has 102 valence electrons. The van der Waals surface area contributed by atoms with Crippen LogP contribution in [0.1, 0.15) is 37.8 Å². The first kappa shape index (κ1) is 13.7. The molecule has 0 unspecified atom stereocenters. The van der Waals surface area contributed by atoms with E-state index in [4.69, 9.17) is 4.74 Å². The summed E-state index contributed by atoms with van der Waals surface area (Å²) in [7, 11) is 0. The molecular weight excluding hydrogens is 236 g/mol. The Bertz CT molecular complexity index is 505. The van der Waals surface area contributed by atoms with Crippen molar-refractivity contribution in [2.45, 2.75) is 33.6 Å². The van der Waals surface area contributed by atoms with Crippen molar-refractivity contribution in [2.75, 3.05) is 13.2 Å². The third-order valence-electron chi connectivity index (χ3n) is 3.12. The molecule has 0 amide bonds. The topological polar surface area (TPSA) is 24.8 Å². The van der Waals surface area contributed by atoms with Gasteiger partial charge in [-0.15, -0.1) is 0 Å². The van der Waals surface area contributed by atoms with E-state index in [2.05, 4.69) is 49.4 Å². The number of aliphatic imine (C=N–C) groups is 1. The number of hydrogen-bond acceptors (Lipinski definition) is 3. The van der Waals surface area contributed by atoms with Gasteiger partial charge in [-0.25, -0.2) is 0 Å². The maximum atomic E-state index is 5.77. The minimum Gasteiger partial charge on any atom is -0.465 e. The summed E-state index contributed by atoms with van der Waals surface area (Å²) in [5, 5.41) is 0. The average molecular weight is 258 g/mol. The van der Waals surface area contributed by atoms with Crippen molar-refractivity contribution in [3.63, 3.8) is 0 Å². The Morgan fingerprint density at radius 1 is 1.26 bits per heavy atom. The first-order valence-electron chi connectivity index (χ1n) is 6.96. The number of amidine groups is 1. The van der Waals surface area contributed by atoms with E-state index in [9.17, 15) is 0 Å². The van der Waals surface area contributed by atoms with Gasteiger partial charge >= 0.3 is 0 Å². The number of ether oxygens (including phenoxy) is 1. The van der Waals surface area contributed by atoms with Crippen molar-refractivity contribution in [1.29, 1.82) is 0 Å². The van der Waals surface area contributed by atoms with E-state index in [0.29, 0.717) is 12.6 Å². The van der Waals surface area contributed by atoms with Crippen LogP contribution < -0.4 is 0 Å². The van der Waals surface area contributed by atoms with Gasteiger partial charge in [-0.2, -0.15) is 4.99 Å². The molecule has 0 aliphatic carbocycles. The highest BCUT2D eigenvalue weighted by atomic mass is 16.5. The summed E-state index contributed by atoms with van der Waals surface area (Å²) >= 11 is 0. The summed E-state index contributed by atoms with van der Waals surface area (Å²) < 4.78 is 5.77. The Morgan fingerprint density at radius 2 is 2.05 bits per heavy atom. The SMILES string of the molecule is C=C1c2cc(C)ccc2N=C(OCCC)N1CCC. The lowest BCUT2D eigenvalue weighted by atomic mass is 10.0. The van der Waals surface area contributed by atoms with E-state index in [1.807, 2.05) is 6.07 Å². The van der Waals surface area contributed by atoms with Crippen molar-refractivity contribution in [1.82, 2.24) is 4.90 Å². The zero-order valence-electron chi connectivity index (χ0n) is 12.1. The lowest BCUT2D eigenvalue weighted by Crippen LogP contribution is -2.34. The fraction of sp³-hybridized carbons (Fsp3) is 0.438. The second-order valence-corrected chi connectivity index (χ2v) is 4.86. The number of fused-ring (bicyclic) bond motifs is 1. The molecule has 0 aromatic heterocycles. The van der Waals surface area contributed by atoms with Crippen LogP contribution in [0, 0.1) is 6.92 Å². The molecule has 19 heavy (non-hydrogen) atoms. The van der Waals surface area contributed by atoms with Crippen molar-refractivity contribution in [3.05, 3.63) is 35.9 Å². The van der Waals surface area contributed by atoms with Gasteiger partial charge in [-0.1, -0.05) is 32.1 Å². The molecule has 1 aromatic carbocycles. The third kappa shape index (κ3) is 2.80. The summed E-state index contributed by atoms with van der Waals surface area (Å²) in [6, 6.07) is 6.93. The van der Waals surface area contributed by atoms with Gasteiger partial charge in [0.05, 0.1) is 12.3 Å². The van der Waals surface area contributed by atoms with Crippen LogP contribution in [0.15, 0.2) is 29.8 Å². The summed E-state index contributed by atoms with van der Waals surface area (Å²) in [5.74, 6) is 0. The number of benzene rings is 1. The molecule has 0 fully saturated rings. The van der Waals surface area contributed by atoms with Crippen molar-refractivity contribution in [3.8, 4) is 0 Å². The molecule has 0 saturated heterocycles. The second-order valence-electron chi connectivity index (χ2n) is 4.86. The normalized spacial score (nSPS) is 14.2. The van der Waals surface area contributed by atoms with Crippen LogP contribution in [0.25, 0.3) is 5.70 Å². The van der Waals surface area contributed by atoms with Crippen LogP contribution >= 0.6 is 0 Å². The van der Waals surface area contributed by atoms with Gasteiger partial charge in [0.2, 0.25) is 0 Å². The zero-order valence-corrected chi connectivity index (χ0v) is 12.1. The zero-order chi connectivity index (χ0) is 13.8. The molecule has 1 aromatic rings. The van der Waals surface area contributed by atoms with E-state index >= 15 is 0 Å². The van der Waals surface area contributed by atoms with E-state index < -0.39 is 0 Å². The van der Waals surface area contributed by atoms with Gasteiger partial charge in [0, 0.05) is 17.8 Å². The number of aryl methyl sites for hydroxylation is 1. The maximum absolute atomic E-state index is 5.77. The molecule has 1 heterocycles. The van der Waals surface area contributed by atoms with Crippen molar-refractivity contribution in [2.24, 2.45) is 4.99 Å². The predicted molar refractivity (Wildman–Crippen MR) is 80.5 cm³/mol. The fourth-order valence-electron chi connectivity index (χ4n) is 2.16. The maximum Gasteiger partial charge on any atom is 0.297 e. The van der Waals surface area contributed by atoms with Gasteiger partial charge in [-0.3, -0.25) is 4.90 Å². The Hall–Kier alpha value is -1.77. The molecule has 1 aliphatic rings. The second kappa shape index (κ2) is 5.91. The summed E-state index contributed by atoms with van der Waals surface area (Å²) in [4.78, 5) is 6.71.